The molecule has 1 aliphatic heterocycles. The molecule has 1 N–H and O–H groups in total. The second kappa shape index (κ2) is 6.45. The lowest BCUT2D eigenvalue weighted by Gasteiger charge is -2.16. The molecule has 0 aliphatic carbocycles. The largest absolute Gasteiger partial charge is 0.338 e. The van der Waals surface area contributed by atoms with Gasteiger partial charge in [-0.25, -0.2) is 9.37 Å². The second-order valence-corrected chi connectivity index (χ2v) is 6.44. The van der Waals surface area contributed by atoms with E-state index in [9.17, 15) is 14.0 Å². The third kappa shape index (κ3) is 3.73. The van der Waals surface area contributed by atoms with E-state index in [-0.39, 0.29) is 30.0 Å². The minimum atomic E-state index is -0.382. The maximum absolute atomic E-state index is 12.9. The highest BCUT2D eigenvalue weighted by Gasteiger charge is 2.34. The first kappa shape index (κ1) is 15.6. The van der Waals surface area contributed by atoms with Gasteiger partial charge >= 0.3 is 0 Å². The van der Waals surface area contributed by atoms with Crippen molar-refractivity contribution in [2.45, 2.75) is 19.9 Å². The van der Waals surface area contributed by atoms with Gasteiger partial charge in [0.1, 0.15) is 5.82 Å². The number of amides is 2. The third-order valence-electron chi connectivity index (χ3n) is 3.72. The Hall–Kier alpha value is -2.28. The van der Waals surface area contributed by atoms with Crippen LogP contribution < -0.4 is 5.32 Å². The van der Waals surface area contributed by atoms with E-state index in [0.29, 0.717) is 18.2 Å². The molecule has 2 heterocycles. The predicted molar refractivity (Wildman–Crippen MR) is 85.4 cm³/mol. The standard InChI is InChI=1S/C16H16FN3O2S/c1-10-9-23-16(18-10)19-15(22)12-6-14(21)20(8-12)7-11-2-4-13(17)5-3-11/h2-5,9,12H,6-8H2,1H3,(H,18,19,22)/t12-/m1/s1. The van der Waals surface area contributed by atoms with E-state index in [2.05, 4.69) is 10.3 Å². The number of hydrogen-bond acceptors (Lipinski definition) is 4. The number of likely N-dealkylation sites (tertiary alicyclic amines) is 1. The molecule has 1 saturated heterocycles. The number of carbonyl (C=O) groups is 2. The van der Waals surface area contributed by atoms with Crippen LogP contribution in [0.5, 0.6) is 0 Å². The quantitative estimate of drug-likeness (QED) is 0.935. The monoisotopic (exact) mass is 333 g/mol. The zero-order valence-corrected chi connectivity index (χ0v) is 13.4. The number of aromatic nitrogens is 1. The average molecular weight is 333 g/mol. The fourth-order valence-electron chi connectivity index (χ4n) is 2.53. The Labute approximate surface area is 137 Å². The fraction of sp³-hybridized carbons (Fsp3) is 0.312. The van der Waals surface area contributed by atoms with Crippen molar-refractivity contribution in [1.29, 1.82) is 0 Å². The molecular formula is C16H16FN3O2S. The van der Waals surface area contributed by atoms with Gasteiger partial charge in [0.15, 0.2) is 5.13 Å². The first-order valence-electron chi connectivity index (χ1n) is 7.26. The van der Waals surface area contributed by atoms with Gasteiger partial charge in [-0.05, 0) is 24.6 Å². The van der Waals surface area contributed by atoms with Crippen LogP contribution >= 0.6 is 11.3 Å². The molecule has 1 fully saturated rings. The van der Waals surface area contributed by atoms with E-state index in [0.717, 1.165) is 11.3 Å². The van der Waals surface area contributed by atoms with E-state index < -0.39 is 0 Å². The molecule has 120 valence electrons. The van der Waals surface area contributed by atoms with E-state index in [1.165, 1.54) is 23.5 Å². The zero-order chi connectivity index (χ0) is 16.4. The molecule has 1 aromatic heterocycles. The van der Waals surface area contributed by atoms with Crippen LogP contribution in [0, 0.1) is 18.7 Å². The molecule has 1 aliphatic rings. The molecule has 0 bridgehead atoms. The smallest absolute Gasteiger partial charge is 0.231 e. The minimum absolute atomic E-state index is 0.0650. The summed E-state index contributed by atoms with van der Waals surface area (Å²) in [4.78, 5) is 30.1. The van der Waals surface area contributed by atoms with E-state index >= 15 is 0 Å². The summed E-state index contributed by atoms with van der Waals surface area (Å²) in [5, 5.41) is 5.17. The maximum atomic E-state index is 12.9. The van der Waals surface area contributed by atoms with E-state index in [1.54, 1.807) is 17.0 Å². The van der Waals surface area contributed by atoms with Crippen molar-refractivity contribution in [1.82, 2.24) is 9.88 Å². The van der Waals surface area contributed by atoms with Crippen molar-refractivity contribution in [3.8, 4) is 0 Å². The molecular weight excluding hydrogens is 317 g/mol. The predicted octanol–water partition coefficient (Wildman–Crippen LogP) is 2.58. The third-order valence-corrected chi connectivity index (χ3v) is 4.60. The average Bonchev–Trinajstić information content (AvgIpc) is 3.08. The summed E-state index contributed by atoms with van der Waals surface area (Å²) in [7, 11) is 0. The molecule has 0 spiro atoms. The van der Waals surface area contributed by atoms with Crippen molar-refractivity contribution >= 4 is 28.3 Å². The Kier molecular flexibility index (Phi) is 4.38. The summed E-state index contributed by atoms with van der Waals surface area (Å²) in [6, 6.07) is 6.03. The Morgan fingerprint density at radius 2 is 2.17 bits per heavy atom. The van der Waals surface area contributed by atoms with Crippen LogP contribution in [0.3, 0.4) is 0 Å². The van der Waals surface area contributed by atoms with Gasteiger partial charge in [0.25, 0.3) is 0 Å². The number of thiazole rings is 1. The number of aryl methyl sites for hydroxylation is 1. The lowest BCUT2D eigenvalue weighted by atomic mass is 10.1. The molecule has 5 nitrogen and oxygen atoms in total. The van der Waals surface area contributed by atoms with E-state index in [4.69, 9.17) is 0 Å². The molecule has 23 heavy (non-hydrogen) atoms. The number of anilines is 1. The summed E-state index contributed by atoms with van der Waals surface area (Å²) in [5.41, 5.74) is 1.70. The molecule has 0 saturated carbocycles. The van der Waals surface area contributed by atoms with Crippen LogP contribution in [-0.4, -0.2) is 28.2 Å². The van der Waals surface area contributed by atoms with Gasteiger partial charge in [-0.1, -0.05) is 12.1 Å². The molecule has 2 aromatic rings. The highest BCUT2D eigenvalue weighted by Crippen LogP contribution is 2.23. The number of nitrogens with one attached hydrogen (secondary N) is 1. The summed E-state index contributed by atoms with van der Waals surface area (Å²) >= 11 is 1.37. The van der Waals surface area contributed by atoms with Gasteiger partial charge in [0, 0.05) is 24.9 Å². The molecule has 1 aromatic carbocycles. The number of benzene rings is 1. The summed E-state index contributed by atoms with van der Waals surface area (Å²) in [6.45, 7) is 2.61. The first-order chi connectivity index (χ1) is 11.0. The van der Waals surface area contributed by atoms with Crippen molar-refractivity contribution in [2.75, 3.05) is 11.9 Å². The first-order valence-corrected chi connectivity index (χ1v) is 8.14. The summed E-state index contributed by atoms with van der Waals surface area (Å²) < 4.78 is 12.9. The Bertz CT molecular complexity index is 729. The van der Waals surface area contributed by atoms with Crippen molar-refractivity contribution in [3.05, 3.63) is 46.7 Å². The van der Waals surface area contributed by atoms with Crippen LogP contribution in [0.15, 0.2) is 29.6 Å². The highest BCUT2D eigenvalue weighted by atomic mass is 32.1. The Morgan fingerprint density at radius 1 is 1.43 bits per heavy atom. The fourth-order valence-corrected chi connectivity index (χ4v) is 3.22. The molecule has 0 unspecified atom stereocenters. The number of rotatable bonds is 4. The van der Waals surface area contributed by atoms with Crippen LogP contribution in [0.25, 0.3) is 0 Å². The Morgan fingerprint density at radius 3 is 2.83 bits per heavy atom. The van der Waals surface area contributed by atoms with Crippen LogP contribution in [0.1, 0.15) is 17.7 Å². The number of carbonyl (C=O) groups excluding carboxylic acids is 2. The van der Waals surface area contributed by atoms with Gasteiger partial charge in [0.2, 0.25) is 11.8 Å². The van der Waals surface area contributed by atoms with Gasteiger partial charge in [-0.15, -0.1) is 11.3 Å². The van der Waals surface area contributed by atoms with Crippen LogP contribution in [-0.2, 0) is 16.1 Å². The van der Waals surface area contributed by atoms with Gasteiger partial charge < -0.3 is 10.2 Å². The molecule has 2 amide bonds. The topological polar surface area (TPSA) is 62.3 Å². The lowest BCUT2D eigenvalue weighted by Crippen LogP contribution is -2.28. The van der Waals surface area contributed by atoms with Crippen molar-refractivity contribution < 1.29 is 14.0 Å². The normalized spacial score (nSPS) is 17.6. The number of hydrogen-bond donors (Lipinski definition) is 1. The second-order valence-electron chi connectivity index (χ2n) is 5.59. The number of nitrogens with zero attached hydrogens (tertiary/aromatic N) is 2. The van der Waals surface area contributed by atoms with Crippen LogP contribution in [0.2, 0.25) is 0 Å². The van der Waals surface area contributed by atoms with Gasteiger partial charge in [-0.3, -0.25) is 9.59 Å². The van der Waals surface area contributed by atoms with E-state index in [1.807, 2.05) is 12.3 Å². The van der Waals surface area contributed by atoms with Crippen molar-refractivity contribution in [2.24, 2.45) is 5.92 Å². The maximum Gasteiger partial charge on any atom is 0.231 e. The molecule has 7 heteroatoms. The summed E-state index contributed by atoms with van der Waals surface area (Å²) in [5.74, 6) is -0.941. The lowest BCUT2D eigenvalue weighted by molar-refractivity contribution is -0.128. The summed E-state index contributed by atoms with van der Waals surface area (Å²) in [6.07, 6.45) is 0.192. The highest BCUT2D eigenvalue weighted by molar-refractivity contribution is 7.13. The number of halogens is 1. The molecule has 3 rings (SSSR count). The minimum Gasteiger partial charge on any atom is -0.338 e. The molecule has 1 atom stereocenters. The zero-order valence-electron chi connectivity index (χ0n) is 12.6. The van der Waals surface area contributed by atoms with Gasteiger partial charge in [-0.2, -0.15) is 0 Å². The SMILES string of the molecule is Cc1csc(NC(=O)[C@@H]2CC(=O)N(Cc3ccc(F)cc3)C2)n1. The van der Waals surface area contributed by atoms with Crippen LogP contribution in [0.4, 0.5) is 9.52 Å². The van der Waals surface area contributed by atoms with Crippen molar-refractivity contribution in [3.63, 3.8) is 0 Å². The van der Waals surface area contributed by atoms with Gasteiger partial charge in [0.05, 0.1) is 11.6 Å². The Balaban J connectivity index is 1.60. The molecule has 0 radical (unpaired) electrons.